The van der Waals surface area contributed by atoms with Gasteiger partial charge in [-0.1, -0.05) is 12.1 Å². The summed E-state index contributed by atoms with van der Waals surface area (Å²) in [6, 6.07) is 11.2. The summed E-state index contributed by atoms with van der Waals surface area (Å²) in [7, 11) is 0. The van der Waals surface area contributed by atoms with Crippen molar-refractivity contribution in [3.05, 3.63) is 71.9 Å². The van der Waals surface area contributed by atoms with Crippen LogP contribution in [0.25, 0.3) is 10.9 Å². The number of rotatable bonds is 4. The van der Waals surface area contributed by atoms with Crippen LogP contribution in [0.5, 0.6) is 0 Å². The summed E-state index contributed by atoms with van der Waals surface area (Å²) in [5, 5.41) is 20.3. The van der Waals surface area contributed by atoms with Crippen molar-refractivity contribution in [2.24, 2.45) is 0 Å². The van der Waals surface area contributed by atoms with Crippen LogP contribution in [-0.2, 0) is 0 Å². The normalized spacial score (nSPS) is 14.2. The summed E-state index contributed by atoms with van der Waals surface area (Å²) >= 11 is 0. The fraction of sp³-hybridized carbons (Fsp3) is 0.176. The minimum absolute atomic E-state index is 0.399. The van der Waals surface area contributed by atoms with Gasteiger partial charge < -0.3 is 14.8 Å². The van der Waals surface area contributed by atoms with Gasteiger partial charge in [0.1, 0.15) is 17.7 Å². The van der Waals surface area contributed by atoms with Gasteiger partial charge in [0, 0.05) is 6.20 Å². The molecule has 2 aromatic carbocycles. The van der Waals surface area contributed by atoms with Crippen molar-refractivity contribution in [1.82, 2.24) is 4.57 Å². The van der Waals surface area contributed by atoms with Crippen LogP contribution >= 0.6 is 0 Å². The molecule has 2 N–H and O–H groups in total. The van der Waals surface area contributed by atoms with E-state index in [0.29, 0.717) is 11.1 Å². The van der Waals surface area contributed by atoms with Crippen molar-refractivity contribution in [3.63, 3.8) is 0 Å². The fourth-order valence-corrected chi connectivity index (χ4v) is 2.72. The van der Waals surface area contributed by atoms with Crippen LogP contribution in [0, 0.1) is 11.6 Å². The van der Waals surface area contributed by atoms with E-state index in [1.807, 2.05) is 0 Å². The predicted molar refractivity (Wildman–Crippen MR) is 79.5 cm³/mol. The second kappa shape index (κ2) is 5.87. The van der Waals surface area contributed by atoms with Gasteiger partial charge in [-0.05, 0) is 47.3 Å². The van der Waals surface area contributed by atoms with Crippen LogP contribution in [0.15, 0.2) is 54.7 Å². The Morgan fingerprint density at radius 1 is 1.00 bits per heavy atom. The van der Waals surface area contributed by atoms with E-state index in [4.69, 9.17) is 0 Å². The van der Waals surface area contributed by atoms with E-state index in [-0.39, 0.29) is 0 Å². The zero-order valence-corrected chi connectivity index (χ0v) is 11.7. The maximum absolute atomic E-state index is 13.5. The molecule has 0 amide bonds. The summed E-state index contributed by atoms with van der Waals surface area (Å²) < 4.78 is 28.7. The number of hydrogen-bond donors (Lipinski definition) is 2. The Morgan fingerprint density at radius 2 is 1.77 bits per heavy atom. The lowest BCUT2D eigenvalue weighted by molar-refractivity contribution is 0.0653. The molecule has 0 fully saturated rings. The zero-order chi connectivity index (χ0) is 15.7. The number of aromatic nitrogens is 1. The first-order valence-corrected chi connectivity index (χ1v) is 6.90. The van der Waals surface area contributed by atoms with Gasteiger partial charge >= 0.3 is 0 Å². The highest BCUT2D eigenvalue weighted by Crippen LogP contribution is 2.28. The molecule has 5 heteroatoms. The average Bonchev–Trinajstić information content (AvgIpc) is 2.90. The standard InChI is InChI=1S/C17H15F2NO2/c18-13-3-1-2-12(8-13)17(16(22)10-21)20-7-6-11-4-5-14(19)9-15(11)20/h1-9,16-17,21-22H,10H2/t16-,17+/m1/s1. The molecule has 3 aromatic rings. The SMILES string of the molecule is OC[C@@H](O)[C@H](c1cccc(F)c1)n1ccc2ccc(F)cc21. The number of benzene rings is 2. The van der Waals surface area contributed by atoms with Crippen molar-refractivity contribution >= 4 is 10.9 Å². The summed E-state index contributed by atoms with van der Waals surface area (Å²) in [5.41, 5.74) is 1.07. The van der Waals surface area contributed by atoms with Gasteiger partial charge in [0.15, 0.2) is 0 Å². The first-order chi connectivity index (χ1) is 10.6. The smallest absolute Gasteiger partial charge is 0.125 e. The number of fused-ring (bicyclic) bond motifs is 1. The summed E-state index contributed by atoms with van der Waals surface area (Å²) in [5.74, 6) is -0.834. The third-order valence-electron chi connectivity index (χ3n) is 3.73. The Labute approximate surface area is 126 Å². The molecule has 114 valence electrons. The van der Waals surface area contributed by atoms with E-state index in [2.05, 4.69) is 0 Å². The Kier molecular flexibility index (Phi) is 3.92. The molecule has 1 heterocycles. The molecule has 0 aliphatic heterocycles. The second-order valence-electron chi connectivity index (χ2n) is 5.18. The highest BCUT2D eigenvalue weighted by molar-refractivity contribution is 5.80. The van der Waals surface area contributed by atoms with Gasteiger partial charge in [-0.2, -0.15) is 0 Å². The van der Waals surface area contributed by atoms with Gasteiger partial charge in [0.2, 0.25) is 0 Å². The average molecular weight is 303 g/mol. The molecule has 0 spiro atoms. The van der Waals surface area contributed by atoms with Crippen molar-refractivity contribution in [3.8, 4) is 0 Å². The number of hydrogen-bond acceptors (Lipinski definition) is 2. The first kappa shape index (κ1) is 14.7. The zero-order valence-electron chi connectivity index (χ0n) is 11.7. The van der Waals surface area contributed by atoms with E-state index in [1.165, 1.54) is 30.3 Å². The van der Waals surface area contributed by atoms with Crippen LogP contribution in [0.3, 0.4) is 0 Å². The van der Waals surface area contributed by atoms with Crippen LogP contribution in [0.4, 0.5) is 8.78 Å². The monoisotopic (exact) mass is 303 g/mol. The van der Waals surface area contributed by atoms with E-state index in [1.54, 1.807) is 29.0 Å². The molecule has 2 atom stereocenters. The van der Waals surface area contributed by atoms with E-state index >= 15 is 0 Å². The lowest BCUT2D eigenvalue weighted by Crippen LogP contribution is -2.28. The Hall–Kier alpha value is -2.24. The van der Waals surface area contributed by atoms with Crippen molar-refractivity contribution in [2.75, 3.05) is 6.61 Å². The van der Waals surface area contributed by atoms with Gasteiger partial charge in [-0.25, -0.2) is 8.78 Å². The molecule has 3 rings (SSSR count). The van der Waals surface area contributed by atoms with E-state index < -0.39 is 30.4 Å². The minimum atomic E-state index is -1.14. The number of nitrogens with zero attached hydrogens (tertiary/aromatic N) is 1. The highest BCUT2D eigenvalue weighted by atomic mass is 19.1. The van der Waals surface area contributed by atoms with Gasteiger partial charge in [0.25, 0.3) is 0 Å². The van der Waals surface area contributed by atoms with Crippen molar-refractivity contribution in [2.45, 2.75) is 12.1 Å². The van der Waals surface area contributed by atoms with E-state index in [9.17, 15) is 19.0 Å². The van der Waals surface area contributed by atoms with Gasteiger partial charge in [0.05, 0.1) is 18.2 Å². The Bertz CT molecular complexity index is 800. The summed E-state index contributed by atoms with van der Waals surface area (Å²) in [6.07, 6.45) is 0.555. The molecule has 22 heavy (non-hydrogen) atoms. The van der Waals surface area contributed by atoms with Crippen LogP contribution in [0.2, 0.25) is 0 Å². The maximum Gasteiger partial charge on any atom is 0.125 e. The number of aliphatic hydroxyl groups excluding tert-OH is 2. The topological polar surface area (TPSA) is 45.4 Å². The molecule has 0 saturated carbocycles. The largest absolute Gasteiger partial charge is 0.394 e. The van der Waals surface area contributed by atoms with Gasteiger partial charge in [-0.15, -0.1) is 0 Å². The van der Waals surface area contributed by atoms with Crippen molar-refractivity contribution < 1.29 is 19.0 Å². The molecular weight excluding hydrogens is 288 g/mol. The lowest BCUT2D eigenvalue weighted by Gasteiger charge is -2.25. The summed E-state index contributed by atoms with van der Waals surface area (Å²) in [4.78, 5) is 0. The van der Waals surface area contributed by atoms with Crippen LogP contribution < -0.4 is 0 Å². The predicted octanol–water partition coefficient (Wildman–Crippen LogP) is 2.86. The molecular formula is C17H15F2NO2. The van der Waals surface area contributed by atoms with Gasteiger partial charge in [-0.3, -0.25) is 0 Å². The molecule has 0 aliphatic rings. The van der Waals surface area contributed by atoms with E-state index in [0.717, 1.165) is 5.39 Å². The van der Waals surface area contributed by atoms with Crippen LogP contribution in [0.1, 0.15) is 11.6 Å². The lowest BCUT2D eigenvalue weighted by atomic mass is 10.0. The first-order valence-electron chi connectivity index (χ1n) is 6.90. The molecule has 0 unspecified atom stereocenters. The molecule has 0 aliphatic carbocycles. The Morgan fingerprint density at radius 3 is 2.50 bits per heavy atom. The quantitative estimate of drug-likeness (QED) is 0.778. The molecule has 0 saturated heterocycles. The highest BCUT2D eigenvalue weighted by Gasteiger charge is 2.24. The second-order valence-corrected chi connectivity index (χ2v) is 5.18. The third-order valence-corrected chi connectivity index (χ3v) is 3.73. The molecule has 1 aromatic heterocycles. The third kappa shape index (κ3) is 2.61. The fourth-order valence-electron chi connectivity index (χ4n) is 2.72. The minimum Gasteiger partial charge on any atom is -0.394 e. The summed E-state index contributed by atoms with van der Waals surface area (Å²) in [6.45, 7) is -0.490. The maximum atomic E-state index is 13.5. The van der Waals surface area contributed by atoms with Crippen LogP contribution in [-0.4, -0.2) is 27.5 Å². The number of aliphatic hydroxyl groups is 2. The number of halogens is 2. The molecule has 3 nitrogen and oxygen atoms in total. The Balaban J connectivity index is 2.18. The van der Waals surface area contributed by atoms with Crippen molar-refractivity contribution in [1.29, 1.82) is 0 Å². The molecule has 0 bridgehead atoms. The molecule has 0 radical (unpaired) electrons.